The van der Waals surface area contributed by atoms with E-state index in [1.54, 1.807) is 16.4 Å². The summed E-state index contributed by atoms with van der Waals surface area (Å²) < 4.78 is 27.8. The molecule has 1 aliphatic rings. The lowest BCUT2D eigenvalue weighted by molar-refractivity contribution is 0.277. The van der Waals surface area contributed by atoms with Gasteiger partial charge >= 0.3 is 0 Å². The number of benzene rings is 1. The fourth-order valence-corrected chi connectivity index (χ4v) is 4.67. The Bertz CT molecular complexity index is 657. The highest BCUT2D eigenvalue weighted by molar-refractivity contribution is 7.89. The van der Waals surface area contributed by atoms with Crippen LogP contribution in [0.1, 0.15) is 46.1 Å². The molecule has 0 aliphatic carbocycles. The van der Waals surface area contributed by atoms with E-state index in [2.05, 4.69) is 20.8 Å². The number of rotatable bonds is 4. The van der Waals surface area contributed by atoms with Gasteiger partial charge < -0.3 is 0 Å². The summed E-state index contributed by atoms with van der Waals surface area (Å²) in [4.78, 5) is 0.402. The first-order chi connectivity index (χ1) is 10.2. The van der Waals surface area contributed by atoms with Gasteiger partial charge in [0.25, 0.3) is 0 Å². The molecule has 1 aromatic rings. The molecular formula is C18H27NO2S. The number of sulfonamides is 1. The lowest BCUT2D eigenvalue weighted by Gasteiger charge is -2.37. The number of hydrogen-bond acceptors (Lipinski definition) is 2. The van der Waals surface area contributed by atoms with Gasteiger partial charge in [-0.2, -0.15) is 4.31 Å². The molecule has 1 heterocycles. The van der Waals surface area contributed by atoms with E-state index >= 15 is 0 Å². The zero-order valence-corrected chi connectivity index (χ0v) is 15.1. The van der Waals surface area contributed by atoms with Crippen LogP contribution in [-0.4, -0.2) is 25.3 Å². The third-order valence-electron chi connectivity index (χ3n) is 4.44. The maximum absolute atomic E-state index is 13.0. The first-order valence-electron chi connectivity index (χ1n) is 7.95. The van der Waals surface area contributed by atoms with Crippen molar-refractivity contribution in [3.8, 4) is 0 Å². The molecule has 3 nitrogen and oxygen atoms in total. The summed E-state index contributed by atoms with van der Waals surface area (Å²) in [6.45, 7) is 10.9. The van der Waals surface area contributed by atoms with Crippen molar-refractivity contribution in [2.45, 2.75) is 58.4 Å². The smallest absolute Gasteiger partial charge is 0.207 e. The third kappa shape index (κ3) is 3.61. The van der Waals surface area contributed by atoms with Gasteiger partial charge in [-0.15, -0.1) is 0 Å². The average Bonchev–Trinajstić information content (AvgIpc) is 2.42. The second kappa shape index (κ2) is 6.55. The van der Waals surface area contributed by atoms with E-state index in [0.29, 0.717) is 17.4 Å². The Morgan fingerprint density at radius 3 is 2.23 bits per heavy atom. The van der Waals surface area contributed by atoms with Gasteiger partial charge in [-0.05, 0) is 51.7 Å². The lowest BCUT2D eigenvalue weighted by atomic mass is 9.92. The van der Waals surface area contributed by atoms with Crippen LogP contribution in [0.15, 0.2) is 40.3 Å². The Labute approximate surface area is 135 Å². The van der Waals surface area contributed by atoms with Crippen LogP contribution in [0, 0.1) is 12.8 Å². The van der Waals surface area contributed by atoms with Crippen molar-refractivity contribution < 1.29 is 8.42 Å². The first-order valence-corrected chi connectivity index (χ1v) is 9.39. The lowest BCUT2D eigenvalue weighted by Crippen LogP contribution is -2.44. The summed E-state index contributed by atoms with van der Waals surface area (Å²) in [6.07, 6.45) is 1.74. The molecule has 1 atom stereocenters. The standard InChI is InChI=1S/C18H27NO2S/c1-13(2)10-17-11-15(4)16(5)12-19(17)22(20,21)18-8-6-14(3)7-9-18/h6-9,13,17H,10-12H2,1-5H3. The Kier molecular flexibility index (Phi) is 5.13. The highest BCUT2D eigenvalue weighted by atomic mass is 32.2. The molecule has 122 valence electrons. The molecule has 0 amide bonds. The summed E-state index contributed by atoms with van der Waals surface area (Å²) in [5, 5.41) is 0. The zero-order chi connectivity index (χ0) is 16.5. The average molecular weight is 321 g/mol. The van der Waals surface area contributed by atoms with Gasteiger partial charge in [0.15, 0.2) is 0 Å². The highest BCUT2D eigenvalue weighted by Crippen LogP contribution is 2.31. The van der Waals surface area contributed by atoms with E-state index in [0.717, 1.165) is 18.4 Å². The number of hydrogen-bond donors (Lipinski definition) is 0. The molecule has 1 unspecified atom stereocenters. The van der Waals surface area contributed by atoms with E-state index in [1.807, 2.05) is 26.0 Å². The van der Waals surface area contributed by atoms with Gasteiger partial charge in [-0.1, -0.05) is 42.7 Å². The van der Waals surface area contributed by atoms with Gasteiger partial charge in [-0.3, -0.25) is 0 Å². The summed E-state index contributed by atoms with van der Waals surface area (Å²) in [7, 11) is -3.43. The summed E-state index contributed by atoms with van der Waals surface area (Å²) in [5.74, 6) is 0.479. The van der Waals surface area contributed by atoms with E-state index in [-0.39, 0.29) is 6.04 Å². The van der Waals surface area contributed by atoms with Gasteiger partial charge in [0.2, 0.25) is 10.0 Å². The van der Waals surface area contributed by atoms with Crippen molar-refractivity contribution in [1.29, 1.82) is 0 Å². The predicted molar refractivity (Wildman–Crippen MR) is 91.3 cm³/mol. The van der Waals surface area contributed by atoms with Crippen molar-refractivity contribution in [2.75, 3.05) is 6.54 Å². The zero-order valence-electron chi connectivity index (χ0n) is 14.3. The maximum Gasteiger partial charge on any atom is 0.243 e. The molecule has 0 spiro atoms. The highest BCUT2D eigenvalue weighted by Gasteiger charge is 2.34. The summed E-state index contributed by atoms with van der Waals surface area (Å²) >= 11 is 0. The van der Waals surface area contributed by atoms with Gasteiger partial charge in [-0.25, -0.2) is 8.42 Å². The van der Waals surface area contributed by atoms with Gasteiger partial charge in [0.05, 0.1) is 4.90 Å². The first kappa shape index (κ1) is 17.2. The van der Waals surface area contributed by atoms with Crippen molar-refractivity contribution in [3.05, 3.63) is 41.0 Å². The monoisotopic (exact) mass is 321 g/mol. The fraction of sp³-hybridized carbons (Fsp3) is 0.556. The van der Waals surface area contributed by atoms with Crippen LogP contribution in [0.25, 0.3) is 0 Å². The molecule has 0 bridgehead atoms. The van der Waals surface area contributed by atoms with Crippen LogP contribution in [0.4, 0.5) is 0 Å². The van der Waals surface area contributed by atoms with E-state index < -0.39 is 10.0 Å². The minimum atomic E-state index is -3.43. The van der Waals surface area contributed by atoms with Crippen LogP contribution in [0.3, 0.4) is 0 Å². The van der Waals surface area contributed by atoms with Crippen LogP contribution in [0.5, 0.6) is 0 Å². The Balaban J connectivity index is 2.39. The maximum atomic E-state index is 13.0. The molecule has 0 aromatic heterocycles. The van der Waals surface area contributed by atoms with Crippen LogP contribution >= 0.6 is 0 Å². The second-order valence-electron chi connectivity index (χ2n) is 6.91. The Hall–Kier alpha value is -1.13. The molecule has 22 heavy (non-hydrogen) atoms. The molecule has 1 aliphatic heterocycles. The fourth-order valence-electron chi connectivity index (χ4n) is 3.00. The van der Waals surface area contributed by atoms with Crippen molar-refractivity contribution in [1.82, 2.24) is 4.31 Å². The van der Waals surface area contributed by atoms with E-state index in [1.165, 1.54) is 11.1 Å². The normalized spacial score (nSPS) is 20.7. The SMILES string of the molecule is CC1=C(C)CN(S(=O)(=O)c2ccc(C)cc2)C(CC(C)C)C1. The van der Waals surface area contributed by atoms with Gasteiger partial charge in [0.1, 0.15) is 0 Å². The molecular weight excluding hydrogens is 294 g/mol. The quantitative estimate of drug-likeness (QED) is 0.782. The molecule has 0 radical (unpaired) electrons. The molecule has 0 fully saturated rings. The largest absolute Gasteiger partial charge is 0.243 e. The van der Waals surface area contributed by atoms with E-state index in [9.17, 15) is 8.42 Å². The van der Waals surface area contributed by atoms with Crippen LogP contribution in [0.2, 0.25) is 0 Å². The minimum absolute atomic E-state index is 0.0648. The summed E-state index contributed by atoms with van der Waals surface area (Å²) in [5.41, 5.74) is 3.58. The van der Waals surface area contributed by atoms with Gasteiger partial charge in [0, 0.05) is 12.6 Å². The molecule has 0 N–H and O–H groups in total. The topological polar surface area (TPSA) is 37.4 Å². The molecule has 0 saturated heterocycles. The molecule has 1 aromatic carbocycles. The second-order valence-corrected chi connectivity index (χ2v) is 8.80. The molecule has 0 saturated carbocycles. The van der Waals surface area contributed by atoms with E-state index in [4.69, 9.17) is 0 Å². The Morgan fingerprint density at radius 2 is 1.68 bits per heavy atom. The molecule has 2 rings (SSSR count). The summed E-state index contributed by atoms with van der Waals surface area (Å²) in [6, 6.07) is 7.23. The van der Waals surface area contributed by atoms with Crippen LogP contribution < -0.4 is 0 Å². The minimum Gasteiger partial charge on any atom is -0.207 e. The Morgan fingerprint density at radius 1 is 1.09 bits per heavy atom. The predicted octanol–water partition coefficient (Wildman–Crippen LogP) is 4.14. The number of aryl methyl sites for hydroxylation is 1. The van der Waals surface area contributed by atoms with Crippen molar-refractivity contribution >= 4 is 10.0 Å². The van der Waals surface area contributed by atoms with Crippen LogP contribution in [-0.2, 0) is 10.0 Å². The van der Waals surface area contributed by atoms with Crippen molar-refractivity contribution in [3.63, 3.8) is 0 Å². The molecule has 4 heteroatoms. The number of nitrogens with zero attached hydrogens (tertiary/aromatic N) is 1. The third-order valence-corrected chi connectivity index (χ3v) is 6.35. The van der Waals surface area contributed by atoms with Crippen molar-refractivity contribution in [2.24, 2.45) is 5.92 Å².